The molecule has 3 rings (SSSR count). The lowest BCUT2D eigenvalue weighted by Crippen LogP contribution is -2.52. The highest BCUT2D eigenvalue weighted by atomic mass is 32.2. The van der Waals surface area contributed by atoms with Gasteiger partial charge in [-0.2, -0.15) is 0 Å². The number of hydrogen-bond acceptors (Lipinski definition) is 4. The first kappa shape index (κ1) is 29.8. The average molecular weight is 554 g/mol. The number of rotatable bonds is 13. The topological polar surface area (TPSA) is 86.8 Å². The predicted molar refractivity (Wildman–Crippen MR) is 151 cm³/mol. The molecule has 3 aromatic carbocycles. The molecule has 0 heterocycles. The molecule has 0 aliphatic heterocycles. The van der Waals surface area contributed by atoms with Gasteiger partial charge >= 0.3 is 0 Å². The minimum absolute atomic E-state index is 0.143. The van der Waals surface area contributed by atoms with Gasteiger partial charge in [-0.1, -0.05) is 62.7 Å². The van der Waals surface area contributed by atoms with Crippen LogP contribution in [0.1, 0.15) is 44.2 Å². The number of amides is 2. The van der Waals surface area contributed by atoms with Gasteiger partial charge in [0.1, 0.15) is 18.4 Å². The smallest absolute Gasteiger partial charge is 0.264 e. The molecule has 208 valence electrons. The monoisotopic (exact) mass is 553 g/mol. The normalized spacial score (nSPS) is 12.0. The Morgan fingerprint density at radius 3 is 2.18 bits per heavy atom. The summed E-state index contributed by atoms with van der Waals surface area (Å²) in [6, 6.07) is 19.5. The molecule has 1 N–H and O–H groups in total. The number of carbonyl (C=O) groups excluding carboxylic acids is 2. The summed E-state index contributed by atoms with van der Waals surface area (Å²) in [6.45, 7) is 5.88. The van der Waals surface area contributed by atoms with Crippen molar-refractivity contribution in [2.75, 3.05) is 17.4 Å². The molecule has 0 radical (unpaired) electrons. The van der Waals surface area contributed by atoms with Crippen molar-refractivity contribution in [2.45, 2.75) is 57.5 Å². The van der Waals surface area contributed by atoms with Gasteiger partial charge in [-0.05, 0) is 67.3 Å². The lowest BCUT2D eigenvalue weighted by molar-refractivity contribution is -0.140. The van der Waals surface area contributed by atoms with E-state index in [1.807, 2.05) is 45.0 Å². The Kier molecular flexibility index (Phi) is 10.6. The fraction of sp³-hybridized carbons (Fsp3) is 0.333. The maximum absolute atomic E-state index is 14.0. The van der Waals surface area contributed by atoms with Crippen LogP contribution in [0.4, 0.5) is 10.1 Å². The third-order valence-corrected chi connectivity index (χ3v) is 8.33. The number of aryl methyl sites for hydroxylation is 1. The molecule has 0 aliphatic rings. The van der Waals surface area contributed by atoms with Crippen LogP contribution < -0.4 is 9.62 Å². The quantitative estimate of drug-likeness (QED) is 0.300. The SMILES string of the molecule is CCCCNC(=O)[C@H](CC)N(Cc1ccccc1C)C(=O)CN(c1ccccc1)S(=O)(=O)c1ccc(F)cc1. The fourth-order valence-electron chi connectivity index (χ4n) is 4.25. The van der Waals surface area contributed by atoms with E-state index < -0.39 is 34.3 Å². The Morgan fingerprint density at radius 1 is 0.923 bits per heavy atom. The van der Waals surface area contributed by atoms with Gasteiger partial charge in [0.25, 0.3) is 10.0 Å². The molecule has 0 aromatic heterocycles. The number of unbranched alkanes of at least 4 members (excludes halogenated alkanes) is 1. The second-order valence-corrected chi connectivity index (χ2v) is 11.2. The van der Waals surface area contributed by atoms with Crippen LogP contribution in [-0.2, 0) is 26.2 Å². The molecule has 7 nitrogen and oxygen atoms in total. The van der Waals surface area contributed by atoms with Crippen molar-refractivity contribution in [3.05, 3.63) is 95.8 Å². The summed E-state index contributed by atoms with van der Waals surface area (Å²) in [6.07, 6.45) is 2.08. The minimum atomic E-state index is -4.23. The van der Waals surface area contributed by atoms with Crippen LogP contribution in [0.5, 0.6) is 0 Å². The summed E-state index contributed by atoms with van der Waals surface area (Å²) in [7, 11) is -4.23. The maximum Gasteiger partial charge on any atom is 0.264 e. The third-order valence-electron chi connectivity index (χ3n) is 6.54. The number of nitrogens with zero attached hydrogens (tertiary/aromatic N) is 2. The molecule has 3 aromatic rings. The molecule has 0 spiro atoms. The van der Waals surface area contributed by atoms with Crippen molar-refractivity contribution in [1.82, 2.24) is 10.2 Å². The van der Waals surface area contributed by atoms with E-state index in [0.717, 1.165) is 40.4 Å². The van der Waals surface area contributed by atoms with Gasteiger partial charge in [0.15, 0.2) is 0 Å². The van der Waals surface area contributed by atoms with Crippen molar-refractivity contribution in [3.8, 4) is 0 Å². The van der Waals surface area contributed by atoms with E-state index in [9.17, 15) is 22.4 Å². The molecular weight excluding hydrogens is 517 g/mol. The number of sulfonamides is 1. The standard InChI is InChI=1S/C30H36FN3O4S/c1-4-6-20-32-30(36)28(5-2)33(21-24-13-11-10-12-23(24)3)29(35)22-34(26-14-8-7-9-15-26)39(37,38)27-18-16-25(31)17-19-27/h7-19,28H,4-6,20-22H2,1-3H3,(H,32,36)/t28-/m0/s1. The Morgan fingerprint density at radius 2 is 1.56 bits per heavy atom. The zero-order valence-corrected chi connectivity index (χ0v) is 23.5. The molecule has 1 atom stereocenters. The number of carbonyl (C=O) groups is 2. The molecule has 0 unspecified atom stereocenters. The zero-order valence-electron chi connectivity index (χ0n) is 22.6. The molecule has 0 saturated carbocycles. The molecule has 0 saturated heterocycles. The molecule has 0 aliphatic carbocycles. The third kappa shape index (κ3) is 7.66. The second kappa shape index (κ2) is 13.9. The highest BCUT2D eigenvalue weighted by Gasteiger charge is 2.33. The van der Waals surface area contributed by atoms with Crippen LogP contribution in [0.15, 0.2) is 83.8 Å². The van der Waals surface area contributed by atoms with Gasteiger partial charge in [0.2, 0.25) is 11.8 Å². The number of nitrogens with one attached hydrogen (secondary N) is 1. The Labute approximate surface area is 230 Å². The molecular formula is C30H36FN3O4S. The Hall–Kier alpha value is -3.72. The van der Waals surface area contributed by atoms with E-state index >= 15 is 0 Å². The Balaban J connectivity index is 2.02. The highest BCUT2D eigenvalue weighted by Crippen LogP contribution is 2.25. The van der Waals surface area contributed by atoms with Gasteiger partial charge in [-0.3, -0.25) is 13.9 Å². The molecule has 9 heteroatoms. The van der Waals surface area contributed by atoms with Crippen molar-refractivity contribution in [3.63, 3.8) is 0 Å². The lowest BCUT2D eigenvalue weighted by atomic mass is 10.1. The van der Waals surface area contributed by atoms with Crippen molar-refractivity contribution >= 4 is 27.5 Å². The van der Waals surface area contributed by atoms with Crippen LogP contribution in [-0.4, -0.2) is 44.3 Å². The number of anilines is 1. The summed E-state index contributed by atoms with van der Waals surface area (Å²) in [4.78, 5) is 28.5. The van der Waals surface area contributed by atoms with E-state index in [4.69, 9.17) is 0 Å². The largest absolute Gasteiger partial charge is 0.354 e. The summed E-state index contributed by atoms with van der Waals surface area (Å²) >= 11 is 0. The van der Waals surface area contributed by atoms with Crippen LogP contribution in [0.25, 0.3) is 0 Å². The van der Waals surface area contributed by atoms with E-state index in [0.29, 0.717) is 13.0 Å². The van der Waals surface area contributed by atoms with Crippen LogP contribution in [0.3, 0.4) is 0 Å². The van der Waals surface area contributed by atoms with Gasteiger partial charge in [0, 0.05) is 13.1 Å². The van der Waals surface area contributed by atoms with Crippen LogP contribution >= 0.6 is 0 Å². The van der Waals surface area contributed by atoms with E-state index in [1.165, 1.54) is 17.0 Å². The number of hydrogen-bond donors (Lipinski definition) is 1. The van der Waals surface area contributed by atoms with Gasteiger partial charge < -0.3 is 10.2 Å². The van der Waals surface area contributed by atoms with Crippen molar-refractivity contribution in [2.24, 2.45) is 0 Å². The summed E-state index contributed by atoms with van der Waals surface area (Å²) in [5.74, 6) is -1.37. The van der Waals surface area contributed by atoms with E-state index in [-0.39, 0.29) is 23.0 Å². The van der Waals surface area contributed by atoms with Crippen LogP contribution in [0, 0.1) is 12.7 Å². The fourth-order valence-corrected chi connectivity index (χ4v) is 5.67. The summed E-state index contributed by atoms with van der Waals surface area (Å²) < 4.78 is 42.0. The van der Waals surface area contributed by atoms with Gasteiger partial charge in [-0.15, -0.1) is 0 Å². The maximum atomic E-state index is 14.0. The Bertz CT molecular complexity index is 1350. The second-order valence-electron chi connectivity index (χ2n) is 9.32. The number of halogens is 1. The summed E-state index contributed by atoms with van der Waals surface area (Å²) in [5, 5.41) is 2.92. The van der Waals surface area contributed by atoms with Gasteiger partial charge in [-0.25, -0.2) is 12.8 Å². The van der Waals surface area contributed by atoms with Gasteiger partial charge in [0.05, 0.1) is 10.6 Å². The molecule has 39 heavy (non-hydrogen) atoms. The number of benzene rings is 3. The summed E-state index contributed by atoms with van der Waals surface area (Å²) in [5.41, 5.74) is 2.10. The predicted octanol–water partition coefficient (Wildman–Crippen LogP) is 5.05. The molecule has 0 fully saturated rings. The average Bonchev–Trinajstić information content (AvgIpc) is 2.93. The molecule has 2 amide bonds. The first-order valence-electron chi connectivity index (χ1n) is 13.1. The zero-order chi connectivity index (χ0) is 28.4. The van der Waals surface area contributed by atoms with Crippen molar-refractivity contribution in [1.29, 1.82) is 0 Å². The first-order valence-corrected chi connectivity index (χ1v) is 14.6. The van der Waals surface area contributed by atoms with Crippen molar-refractivity contribution < 1.29 is 22.4 Å². The minimum Gasteiger partial charge on any atom is -0.354 e. The van der Waals surface area contributed by atoms with Crippen LogP contribution in [0.2, 0.25) is 0 Å². The lowest BCUT2D eigenvalue weighted by Gasteiger charge is -2.33. The van der Waals surface area contributed by atoms with E-state index in [2.05, 4.69) is 5.32 Å². The first-order chi connectivity index (χ1) is 18.7. The number of para-hydroxylation sites is 1. The highest BCUT2D eigenvalue weighted by molar-refractivity contribution is 7.92. The molecule has 0 bridgehead atoms. The van der Waals surface area contributed by atoms with E-state index in [1.54, 1.807) is 30.3 Å².